The van der Waals surface area contributed by atoms with E-state index in [1.807, 2.05) is 6.92 Å². The maximum absolute atomic E-state index is 11.5. The predicted octanol–water partition coefficient (Wildman–Crippen LogP) is 5.49. The van der Waals surface area contributed by atoms with Crippen molar-refractivity contribution in [2.75, 3.05) is 5.32 Å². The van der Waals surface area contributed by atoms with Gasteiger partial charge in [-0.3, -0.25) is 10.2 Å². The number of aliphatic imine (C=N–C) groups is 1. The van der Waals surface area contributed by atoms with Gasteiger partial charge in [-0.25, -0.2) is 8.95 Å². The minimum atomic E-state index is -0.00199. The van der Waals surface area contributed by atoms with E-state index in [9.17, 15) is 4.79 Å². The molecule has 0 saturated carbocycles. The maximum Gasteiger partial charge on any atom is 0.223 e. The zero-order valence-electron chi connectivity index (χ0n) is 14.6. The summed E-state index contributed by atoms with van der Waals surface area (Å²) in [7, 11) is 0. The van der Waals surface area contributed by atoms with Crippen molar-refractivity contribution in [2.24, 2.45) is 4.99 Å². The van der Waals surface area contributed by atoms with Gasteiger partial charge in [0, 0.05) is 16.1 Å². The average Bonchev–Trinajstić information content (AvgIpc) is 2.97. The number of carbonyl (C=O) groups is 1. The van der Waals surface area contributed by atoms with E-state index in [0.29, 0.717) is 32.7 Å². The Bertz CT molecular complexity index is 1080. The fraction of sp³-hybridized carbons (Fsp3) is 0.105. The van der Waals surface area contributed by atoms with Gasteiger partial charge in [0.15, 0.2) is 5.78 Å². The van der Waals surface area contributed by atoms with Gasteiger partial charge < -0.3 is 5.32 Å². The van der Waals surface area contributed by atoms with Crippen LogP contribution in [0.1, 0.15) is 22.2 Å². The van der Waals surface area contributed by atoms with Crippen molar-refractivity contribution in [1.29, 1.82) is 5.41 Å². The second-order valence-corrected chi connectivity index (χ2v) is 7.77. The number of aromatic nitrogens is 1. The van der Waals surface area contributed by atoms with E-state index in [0.717, 1.165) is 10.6 Å². The van der Waals surface area contributed by atoms with Crippen molar-refractivity contribution in [3.8, 4) is 0 Å². The van der Waals surface area contributed by atoms with Crippen LogP contribution in [-0.2, 0) is 0 Å². The molecule has 0 fully saturated rings. The third-order valence-electron chi connectivity index (χ3n) is 3.69. The molecule has 1 heterocycles. The van der Waals surface area contributed by atoms with Gasteiger partial charge in [-0.05, 0) is 56.3 Å². The lowest BCUT2D eigenvalue weighted by molar-refractivity contribution is 0.101. The first-order valence-corrected chi connectivity index (χ1v) is 9.54. The van der Waals surface area contributed by atoms with Crippen molar-refractivity contribution in [3.63, 3.8) is 0 Å². The molecule has 0 amide bonds. The summed E-state index contributed by atoms with van der Waals surface area (Å²) >= 11 is 13.7. The number of aryl methyl sites for hydroxylation is 1. The average molecular weight is 419 g/mol. The molecular formula is C19H16Cl2N4OS. The van der Waals surface area contributed by atoms with E-state index in [-0.39, 0.29) is 5.78 Å². The topological polar surface area (TPSA) is 70.2 Å². The Hall–Kier alpha value is -2.41. The molecule has 0 bridgehead atoms. The smallest absolute Gasteiger partial charge is 0.223 e. The van der Waals surface area contributed by atoms with E-state index < -0.39 is 0 Å². The molecule has 27 heavy (non-hydrogen) atoms. The molecule has 2 aromatic carbocycles. The Morgan fingerprint density at radius 1 is 1.19 bits per heavy atom. The summed E-state index contributed by atoms with van der Waals surface area (Å²) in [5, 5.41) is 12.1. The summed E-state index contributed by atoms with van der Waals surface area (Å²) in [5.74, 6) is 0.413. The Balaban J connectivity index is 2.06. The molecule has 0 aliphatic rings. The van der Waals surface area contributed by atoms with Gasteiger partial charge in [0.2, 0.25) is 5.96 Å². The van der Waals surface area contributed by atoms with E-state index in [1.165, 1.54) is 18.5 Å². The highest BCUT2D eigenvalue weighted by atomic mass is 35.5. The third-order valence-corrected chi connectivity index (χ3v) is 5.46. The molecule has 0 aliphatic heterocycles. The minimum absolute atomic E-state index is 0.00199. The van der Waals surface area contributed by atoms with Gasteiger partial charge in [0.25, 0.3) is 0 Å². The molecule has 0 radical (unpaired) electrons. The number of hydrogen-bond donors (Lipinski definition) is 2. The van der Waals surface area contributed by atoms with Crippen LogP contribution in [0.15, 0.2) is 53.5 Å². The van der Waals surface area contributed by atoms with Gasteiger partial charge >= 0.3 is 0 Å². The number of nitrogens with one attached hydrogen (secondary N) is 2. The zero-order valence-corrected chi connectivity index (χ0v) is 16.9. The molecule has 0 atom stereocenters. The first-order chi connectivity index (χ1) is 12.8. The van der Waals surface area contributed by atoms with Crippen LogP contribution in [0.25, 0.3) is 0 Å². The highest BCUT2D eigenvalue weighted by Crippen LogP contribution is 2.32. The van der Waals surface area contributed by atoms with Gasteiger partial charge in [0.05, 0.1) is 15.7 Å². The lowest BCUT2D eigenvalue weighted by Crippen LogP contribution is -2.28. The SMILES string of the molecule is CC(=O)c1ccc(NC(=Nc2cccc(Cl)c2Cl)n2sc(C)cc2=N)cc1. The highest BCUT2D eigenvalue weighted by molar-refractivity contribution is 7.07. The summed E-state index contributed by atoms with van der Waals surface area (Å²) in [5.41, 5.74) is 2.14. The van der Waals surface area contributed by atoms with Gasteiger partial charge in [-0.15, -0.1) is 0 Å². The number of carbonyl (C=O) groups excluding carboxylic acids is 1. The number of nitrogens with zero attached hydrogens (tertiary/aromatic N) is 2. The van der Waals surface area contributed by atoms with Crippen LogP contribution in [0.5, 0.6) is 0 Å². The molecule has 0 spiro atoms. The number of rotatable bonds is 3. The molecule has 8 heteroatoms. The van der Waals surface area contributed by atoms with E-state index in [1.54, 1.807) is 52.5 Å². The van der Waals surface area contributed by atoms with Gasteiger partial charge in [-0.1, -0.05) is 40.8 Å². The second kappa shape index (κ2) is 8.08. The molecule has 0 saturated heterocycles. The van der Waals surface area contributed by atoms with Crippen LogP contribution in [0.2, 0.25) is 10.0 Å². The Morgan fingerprint density at radius 2 is 1.89 bits per heavy atom. The van der Waals surface area contributed by atoms with Crippen molar-refractivity contribution < 1.29 is 4.79 Å². The molecule has 3 rings (SSSR count). The van der Waals surface area contributed by atoms with Crippen LogP contribution in [-0.4, -0.2) is 15.7 Å². The maximum atomic E-state index is 11.5. The molecule has 0 unspecified atom stereocenters. The number of ketones is 1. The van der Waals surface area contributed by atoms with Crippen molar-refractivity contribution >= 4 is 57.9 Å². The number of anilines is 1. The predicted molar refractivity (Wildman–Crippen MR) is 112 cm³/mol. The van der Waals surface area contributed by atoms with Gasteiger partial charge in [-0.2, -0.15) is 0 Å². The highest BCUT2D eigenvalue weighted by Gasteiger charge is 2.11. The molecule has 5 nitrogen and oxygen atoms in total. The molecule has 3 aromatic rings. The minimum Gasteiger partial charge on any atom is -0.325 e. The number of benzene rings is 2. The number of halogens is 2. The van der Waals surface area contributed by atoms with Crippen molar-refractivity contribution in [3.05, 3.63) is 74.5 Å². The lowest BCUT2D eigenvalue weighted by Gasteiger charge is -2.11. The Morgan fingerprint density at radius 3 is 2.48 bits per heavy atom. The first-order valence-electron chi connectivity index (χ1n) is 8.01. The standard InChI is InChI=1S/C19H16Cl2N4OS/c1-11-10-17(22)25(27-11)19(24-16-5-3-4-15(20)18(16)21)23-14-8-6-13(7-9-14)12(2)26/h3-10,22H,1-2H3,(H,23,24). The van der Waals surface area contributed by atoms with Crippen molar-refractivity contribution in [2.45, 2.75) is 13.8 Å². The van der Waals surface area contributed by atoms with Crippen LogP contribution in [0, 0.1) is 12.3 Å². The zero-order chi connectivity index (χ0) is 19.6. The monoisotopic (exact) mass is 418 g/mol. The van der Waals surface area contributed by atoms with E-state index in [4.69, 9.17) is 28.6 Å². The molecular weight excluding hydrogens is 403 g/mol. The normalized spacial score (nSPS) is 11.5. The summed E-state index contributed by atoms with van der Waals surface area (Å²) in [6.45, 7) is 3.44. The Labute approximate surface area is 170 Å². The molecule has 1 aromatic heterocycles. The van der Waals surface area contributed by atoms with Crippen LogP contribution >= 0.6 is 34.7 Å². The first kappa shape index (κ1) is 19.4. The fourth-order valence-corrected chi connectivity index (χ4v) is 3.48. The Kier molecular flexibility index (Phi) is 5.79. The fourth-order valence-electron chi connectivity index (χ4n) is 2.36. The van der Waals surface area contributed by atoms with E-state index >= 15 is 0 Å². The van der Waals surface area contributed by atoms with Crippen LogP contribution in [0.4, 0.5) is 11.4 Å². The summed E-state index contributed by atoms with van der Waals surface area (Å²) in [4.78, 5) is 17.0. The van der Waals surface area contributed by atoms with Crippen LogP contribution in [0.3, 0.4) is 0 Å². The van der Waals surface area contributed by atoms with Gasteiger partial charge in [0.1, 0.15) is 5.49 Å². The molecule has 138 valence electrons. The lowest BCUT2D eigenvalue weighted by atomic mass is 10.1. The van der Waals surface area contributed by atoms with Crippen LogP contribution < -0.4 is 10.8 Å². The number of hydrogen-bond acceptors (Lipinski definition) is 4. The third kappa shape index (κ3) is 4.47. The molecule has 2 N–H and O–H groups in total. The summed E-state index contributed by atoms with van der Waals surface area (Å²) in [6, 6.07) is 14.0. The second-order valence-electron chi connectivity index (χ2n) is 5.79. The van der Waals surface area contributed by atoms with Crippen molar-refractivity contribution in [1.82, 2.24) is 3.96 Å². The quantitative estimate of drug-likeness (QED) is 0.335. The molecule has 0 aliphatic carbocycles. The van der Waals surface area contributed by atoms with E-state index in [2.05, 4.69) is 10.3 Å². The summed E-state index contributed by atoms with van der Waals surface area (Å²) < 4.78 is 1.66. The summed E-state index contributed by atoms with van der Waals surface area (Å²) in [6.07, 6.45) is 0. The largest absolute Gasteiger partial charge is 0.325 e. The number of Topliss-reactive ketones (excluding diaryl/α,β-unsaturated/α-hetero) is 1.